The molecule has 3 heterocycles. The number of ether oxygens (including phenoxy) is 2. The number of Topliss-reactive ketones (excluding diaryl/α,β-unsaturated/α-hetero) is 1. The predicted octanol–water partition coefficient (Wildman–Crippen LogP) is 7.39. The Morgan fingerprint density at radius 1 is 0.694 bits per heavy atom. The van der Waals surface area contributed by atoms with Crippen molar-refractivity contribution < 1.29 is 14.3 Å². The lowest BCUT2D eigenvalue weighted by Gasteiger charge is -2.49. The molecule has 4 aromatic rings. The lowest BCUT2D eigenvalue weighted by atomic mass is 9.59. The molecule has 0 bridgehead atoms. The molecule has 4 aliphatic carbocycles. The molecule has 258 valence electrons. The Kier molecular flexibility index (Phi) is 8.86. The van der Waals surface area contributed by atoms with E-state index in [1.54, 1.807) is 0 Å². The van der Waals surface area contributed by atoms with Crippen LogP contribution in [0.15, 0.2) is 73.1 Å². The van der Waals surface area contributed by atoms with Gasteiger partial charge in [-0.25, -0.2) is 0 Å². The molecule has 2 aromatic carbocycles. The molecule has 1 spiro atoms. The number of benzene rings is 2. The molecule has 1 saturated heterocycles. The normalized spacial score (nSPS) is 28.7. The summed E-state index contributed by atoms with van der Waals surface area (Å²) < 4.78 is 16.5. The maximum absolute atomic E-state index is 12.1. The van der Waals surface area contributed by atoms with Gasteiger partial charge in [-0.15, -0.1) is 0 Å². The number of ketones is 1. The fraction of sp³-hybridized carbons (Fsp3) is 0.548. The number of carbonyl (C=O) groups is 1. The zero-order chi connectivity index (χ0) is 33.5. The number of hydrogen-bond acceptors (Lipinski definition) is 5. The van der Waals surface area contributed by atoms with Crippen LogP contribution in [0.4, 0.5) is 0 Å². The summed E-state index contributed by atoms with van der Waals surface area (Å²) in [7, 11) is 4.20. The Labute approximate surface area is 291 Å². The van der Waals surface area contributed by atoms with Crippen LogP contribution in [-0.2, 0) is 64.9 Å². The number of aromatic nitrogens is 4. The standard InChI is InChI=1S/C22H28N2O2.C20H24N2O/c1-24-20-18(16-23-24)8-5-9-19-15-22(25-12-13-26-22)11-10-21(19,20)14-17-6-3-2-4-7-17;1-22-19-16(14-21-22)8-5-9-17-12-18(23)10-11-20(17,19)13-15-6-3-2-4-7-15/h2-4,6-7,16,19H,5,8-15H2,1H3;2-4,6-7,14,17H,5,8-13H2,1H3/t19-,21-;17-,20-/m00/s1. The van der Waals surface area contributed by atoms with Crippen molar-refractivity contribution in [2.75, 3.05) is 13.2 Å². The molecule has 2 aromatic heterocycles. The first kappa shape index (κ1) is 32.6. The topological polar surface area (TPSA) is 71.2 Å². The van der Waals surface area contributed by atoms with E-state index in [-0.39, 0.29) is 16.6 Å². The van der Waals surface area contributed by atoms with E-state index in [4.69, 9.17) is 9.47 Å². The first-order valence-corrected chi connectivity index (χ1v) is 18.8. The van der Waals surface area contributed by atoms with Gasteiger partial charge in [0.1, 0.15) is 5.78 Å². The number of aryl methyl sites for hydroxylation is 4. The molecule has 9 rings (SSSR count). The van der Waals surface area contributed by atoms with Gasteiger partial charge in [-0.2, -0.15) is 10.2 Å². The summed E-state index contributed by atoms with van der Waals surface area (Å²) in [6.45, 7) is 1.49. The summed E-state index contributed by atoms with van der Waals surface area (Å²) in [5, 5.41) is 9.23. The molecule has 0 unspecified atom stereocenters. The zero-order valence-corrected chi connectivity index (χ0v) is 29.4. The van der Waals surface area contributed by atoms with Gasteiger partial charge in [-0.05, 0) is 98.3 Å². The van der Waals surface area contributed by atoms with Crippen LogP contribution in [0.3, 0.4) is 0 Å². The van der Waals surface area contributed by atoms with E-state index in [1.807, 2.05) is 0 Å². The maximum atomic E-state index is 12.1. The van der Waals surface area contributed by atoms with Gasteiger partial charge in [0.05, 0.1) is 25.6 Å². The molecule has 49 heavy (non-hydrogen) atoms. The van der Waals surface area contributed by atoms with E-state index in [2.05, 4.69) is 107 Å². The molecule has 0 amide bonds. The fourth-order valence-corrected chi connectivity index (χ4v) is 10.8. The quantitative estimate of drug-likeness (QED) is 0.228. The van der Waals surface area contributed by atoms with Crippen molar-refractivity contribution in [3.63, 3.8) is 0 Å². The molecule has 4 atom stereocenters. The van der Waals surface area contributed by atoms with E-state index in [1.165, 1.54) is 52.9 Å². The number of hydrogen-bond donors (Lipinski definition) is 0. The number of nitrogens with zero attached hydrogens (tertiary/aromatic N) is 4. The van der Waals surface area contributed by atoms with Crippen molar-refractivity contribution in [3.8, 4) is 0 Å². The molecular weight excluding hydrogens is 608 g/mol. The lowest BCUT2D eigenvalue weighted by Crippen LogP contribution is -2.50. The summed E-state index contributed by atoms with van der Waals surface area (Å²) in [4.78, 5) is 12.1. The van der Waals surface area contributed by atoms with Crippen molar-refractivity contribution in [2.24, 2.45) is 25.9 Å². The first-order valence-electron chi connectivity index (χ1n) is 18.8. The van der Waals surface area contributed by atoms with Crippen molar-refractivity contribution >= 4 is 5.78 Å². The Hall–Kier alpha value is -3.55. The third kappa shape index (κ3) is 6.01. The van der Waals surface area contributed by atoms with Crippen molar-refractivity contribution in [1.82, 2.24) is 19.6 Å². The highest BCUT2D eigenvalue weighted by Gasteiger charge is 2.55. The first-order chi connectivity index (χ1) is 23.9. The van der Waals surface area contributed by atoms with Crippen LogP contribution in [0, 0.1) is 11.8 Å². The summed E-state index contributed by atoms with van der Waals surface area (Å²) >= 11 is 0. The predicted molar refractivity (Wildman–Crippen MR) is 190 cm³/mol. The highest BCUT2D eigenvalue weighted by molar-refractivity contribution is 5.80. The van der Waals surface area contributed by atoms with Crippen molar-refractivity contribution in [3.05, 3.63) is 107 Å². The second-order valence-electron chi connectivity index (χ2n) is 15.7. The molecule has 3 fully saturated rings. The summed E-state index contributed by atoms with van der Waals surface area (Å²) in [6.07, 6.45) is 18.9. The molecule has 7 heteroatoms. The Bertz CT molecular complexity index is 1760. The minimum Gasteiger partial charge on any atom is -0.348 e. The van der Waals surface area contributed by atoms with Crippen LogP contribution < -0.4 is 0 Å². The summed E-state index contributed by atoms with van der Waals surface area (Å²) in [5.41, 5.74) is 8.74. The van der Waals surface area contributed by atoms with Crippen LogP contribution in [-0.4, -0.2) is 44.3 Å². The van der Waals surface area contributed by atoms with Gasteiger partial charge >= 0.3 is 0 Å². The van der Waals surface area contributed by atoms with Gasteiger partial charge in [-0.1, -0.05) is 60.7 Å². The van der Waals surface area contributed by atoms with Gasteiger partial charge < -0.3 is 9.47 Å². The number of fused-ring (bicyclic) bond motifs is 6. The van der Waals surface area contributed by atoms with E-state index in [0.29, 0.717) is 24.0 Å². The second kappa shape index (κ2) is 13.3. The summed E-state index contributed by atoms with van der Waals surface area (Å²) in [6, 6.07) is 21.8. The van der Waals surface area contributed by atoms with E-state index in [9.17, 15) is 4.79 Å². The zero-order valence-electron chi connectivity index (χ0n) is 29.4. The van der Waals surface area contributed by atoms with Gasteiger partial charge in [0, 0.05) is 62.0 Å². The molecule has 0 radical (unpaired) electrons. The highest BCUT2D eigenvalue weighted by atomic mass is 16.7. The fourth-order valence-electron chi connectivity index (χ4n) is 10.8. The maximum Gasteiger partial charge on any atom is 0.168 e. The largest absolute Gasteiger partial charge is 0.348 e. The molecular formula is C42H52N4O3. The Morgan fingerprint density at radius 3 is 1.80 bits per heavy atom. The molecule has 7 nitrogen and oxygen atoms in total. The third-order valence-corrected chi connectivity index (χ3v) is 12.9. The number of rotatable bonds is 4. The van der Waals surface area contributed by atoms with E-state index in [0.717, 1.165) is 77.4 Å². The average molecular weight is 661 g/mol. The number of carbonyl (C=O) groups excluding carboxylic acids is 1. The van der Waals surface area contributed by atoms with Gasteiger partial charge in [0.25, 0.3) is 0 Å². The minimum atomic E-state index is -0.325. The Morgan fingerprint density at radius 2 is 1.22 bits per heavy atom. The van der Waals surface area contributed by atoms with Crippen LogP contribution >= 0.6 is 0 Å². The monoisotopic (exact) mass is 660 g/mol. The van der Waals surface area contributed by atoms with Crippen LogP contribution in [0.5, 0.6) is 0 Å². The molecule has 5 aliphatic rings. The van der Waals surface area contributed by atoms with E-state index < -0.39 is 0 Å². The van der Waals surface area contributed by atoms with Crippen LogP contribution in [0.2, 0.25) is 0 Å². The van der Waals surface area contributed by atoms with Crippen molar-refractivity contribution in [1.29, 1.82) is 0 Å². The molecule has 0 N–H and O–H groups in total. The SMILES string of the molecule is Cn1ncc2c1[C@]1(Cc3ccccc3)CCC(=O)C[C@@H]1CCC2.Cn1ncc2c1[C@]1(Cc3ccccc3)CCC3(C[C@@H]1CCC2)OCCO3. The molecule has 2 saturated carbocycles. The van der Waals surface area contributed by atoms with Gasteiger partial charge in [-0.3, -0.25) is 14.2 Å². The average Bonchev–Trinajstić information content (AvgIpc) is 3.78. The van der Waals surface area contributed by atoms with Gasteiger partial charge in [0.15, 0.2) is 5.79 Å². The molecule has 1 aliphatic heterocycles. The lowest BCUT2D eigenvalue weighted by molar-refractivity contribution is -0.199. The summed E-state index contributed by atoms with van der Waals surface area (Å²) in [5.74, 6) is 1.16. The van der Waals surface area contributed by atoms with Gasteiger partial charge in [0.2, 0.25) is 0 Å². The minimum absolute atomic E-state index is 0.0757. The van der Waals surface area contributed by atoms with Crippen LogP contribution in [0.25, 0.3) is 0 Å². The highest BCUT2D eigenvalue weighted by Crippen LogP contribution is 2.55. The van der Waals surface area contributed by atoms with E-state index >= 15 is 0 Å². The smallest absolute Gasteiger partial charge is 0.168 e. The third-order valence-electron chi connectivity index (χ3n) is 12.9. The second-order valence-corrected chi connectivity index (χ2v) is 15.7. The van der Waals surface area contributed by atoms with Crippen molar-refractivity contribution in [2.45, 2.75) is 107 Å². The van der Waals surface area contributed by atoms with Crippen LogP contribution in [0.1, 0.15) is 97.8 Å². The Balaban J connectivity index is 0.000000143.